The van der Waals surface area contributed by atoms with Crippen LogP contribution in [0.5, 0.6) is 0 Å². The lowest BCUT2D eigenvalue weighted by molar-refractivity contribution is 0.0697. The molecule has 0 saturated carbocycles. The SMILES string of the molecule is O=C(O)c1ccc2c(=O)n(Cc3ccccc3)c(N3CCCC3)nc2c1. The third-order valence-corrected chi connectivity index (χ3v) is 4.75. The van der Waals surface area contributed by atoms with Gasteiger partial charge in [0, 0.05) is 13.1 Å². The number of fused-ring (bicyclic) bond motifs is 1. The maximum absolute atomic E-state index is 13.1. The summed E-state index contributed by atoms with van der Waals surface area (Å²) in [5, 5.41) is 9.66. The topological polar surface area (TPSA) is 75.4 Å². The Kier molecular flexibility index (Phi) is 4.16. The fraction of sp³-hybridized carbons (Fsp3) is 0.250. The van der Waals surface area contributed by atoms with Crippen molar-refractivity contribution in [1.82, 2.24) is 9.55 Å². The van der Waals surface area contributed by atoms with Gasteiger partial charge in [-0.25, -0.2) is 9.78 Å². The maximum atomic E-state index is 13.1. The summed E-state index contributed by atoms with van der Waals surface area (Å²) in [5.74, 6) is -0.406. The van der Waals surface area contributed by atoms with E-state index in [0.717, 1.165) is 31.5 Å². The Balaban J connectivity index is 1.91. The van der Waals surface area contributed by atoms with Crippen molar-refractivity contribution in [3.05, 3.63) is 70.0 Å². The standard InChI is InChI=1S/C20H19N3O3/c24-18-16-9-8-15(19(25)26)12-17(16)21-20(22-10-4-5-11-22)23(18)13-14-6-2-1-3-7-14/h1-3,6-9,12H,4-5,10-11,13H2,(H,25,26). The minimum atomic E-state index is -1.02. The molecule has 1 N–H and O–H groups in total. The van der Waals surface area contributed by atoms with Crippen LogP contribution in [-0.2, 0) is 6.54 Å². The smallest absolute Gasteiger partial charge is 0.335 e. The second-order valence-electron chi connectivity index (χ2n) is 6.52. The Morgan fingerprint density at radius 2 is 1.81 bits per heavy atom. The Morgan fingerprint density at radius 3 is 2.50 bits per heavy atom. The fourth-order valence-electron chi connectivity index (χ4n) is 3.41. The highest BCUT2D eigenvalue weighted by atomic mass is 16.4. The Hall–Kier alpha value is -3.15. The van der Waals surface area contributed by atoms with Crippen molar-refractivity contribution >= 4 is 22.8 Å². The summed E-state index contributed by atoms with van der Waals surface area (Å²) in [6.45, 7) is 2.14. The second-order valence-corrected chi connectivity index (χ2v) is 6.52. The minimum absolute atomic E-state index is 0.137. The molecule has 1 aromatic heterocycles. The van der Waals surface area contributed by atoms with Crippen molar-refractivity contribution in [3.63, 3.8) is 0 Å². The van der Waals surface area contributed by atoms with Gasteiger partial charge in [-0.2, -0.15) is 0 Å². The van der Waals surface area contributed by atoms with Crippen LogP contribution < -0.4 is 10.5 Å². The number of aromatic carboxylic acids is 1. The molecule has 1 saturated heterocycles. The van der Waals surface area contributed by atoms with E-state index in [1.165, 1.54) is 12.1 Å². The molecule has 0 unspecified atom stereocenters. The number of carboxylic acid groups (broad SMARTS) is 1. The Bertz CT molecular complexity index is 1020. The number of carboxylic acids is 1. The van der Waals surface area contributed by atoms with Crippen molar-refractivity contribution < 1.29 is 9.90 Å². The molecule has 2 aromatic carbocycles. The van der Waals surface area contributed by atoms with Gasteiger partial charge in [-0.1, -0.05) is 30.3 Å². The van der Waals surface area contributed by atoms with Gasteiger partial charge in [-0.3, -0.25) is 9.36 Å². The van der Waals surface area contributed by atoms with Crippen LogP contribution in [0.1, 0.15) is 28.8 Å². The zero-order valence-corrected chi connectivity index (χ0v) is 14.3. The van der Waals surface area contributed by atoms with Crippen LogP contribution in [0.4, 0.5) is 5.95 Å². The molecule has 132 valence electrons. The number of aromatic nitrogens is 2. The predicted octanol–water partition coefficient (Wildman–Crippen LogP) is 2.74. The summed E-state index contributed by atoms with van der Waals surface area (Å²) in [4.78, 5) is 31.2. The summed E-state index contributed by atoms with van der Waals surface area (Å²) in [6, 6.07) is 14.3. The van der Waals surface area contributed by atoms with Gasteiger partial charge in [-0.15, -0.1) is 0 Å². The summed E-state index contributed by atoms with van der Waals surface area (Å²) in [7, 11) is 0. The molecule has 3 aromatic rings. The quantitative estimate of drug-likeness (QED) is 0.784. The van der Waals surface area contributed by atoms with Gasteiger partial charge in [0.05, 0.1) is 23.0 Å². The minimum Gasteiger partial charge on any atom is -0.478 e. The van der Waals surface area contributed by atoms with Crippen LogP contribution in [0.25, 0.3) is 10.9 Å². The molecule has 1 aliphatic heterocycles. The van der Waals surface area contributed by atoms with E-state index in [1.807, 2.05) is 30.3 Å². The molecule has 26 heavy (non-hydrogen) atoms. The van der Waals surface area contributed by atoms with Crippen molar-refractivity contribution in [2.75, 3.05) is 18.0 Å². The second kappa shape index (κ2) is 6.63. The van der Waals surface area contributed by atoms with Gasteiger partial charge in [0.15, 0.2) is 0 Å². The van der Waals surface area contributed by atoms with Crippen LogP contribution in [0.2, 0.25) is 0 Å². The monoisotopic (exact) mass is 349 g/mol. The molecule has 0 radical (unpaired) electrons. The first-order chi connectivity index (χ1) is 12.6. The number of nitrogens with zero attached hydrogens (tertiary/aromatic N) is 3. The van der Waals surface area contributed by atoms with Crippen molar-refractivity contribution in [3.8, 4) is 0 Å². The van der Waals surface area contributed by atoms with E-state index >= 15 is 0 Å². The highest BCUT2D eigenvalue weighted by Gasteiger charge is 2.20. The molecule has 4 rings (SSSR count). The van der Waals surface area contributed by atoms with Crippen LogP contribution >= 0.6 is 0 Å². The summed E-state index contributed by atoms with van der Waals surface area (Å²) in [5.41, 5.74) is 1.45. The molecular weight excluding hydrogens is 330 g/mol. The van der Waals surface area contributed by atoms with E-state index in [-0.39, 0.29) is 11.1 Å². The number of rotatable bonds is 4. The largest absolute Gasteiger partial charge is 0.478 e. The first-order valence-electron chi connectivity index (χ1n) is 8.70. The van der Waals surface area contributed by atoms with Crippen molar-refractivity contribution in [2.45, 2.75) is 19.4 Å². The summed E-state index contributed by atoms with van der Waals surface area (Å²) in [6.07, 6.45) is 2.13. The highest BCUT2D eigenvalue weighted by Crippen LogP contribution is 2.21. The van der Waals surface area contributed by atoms with E-state index in [2.05, 4.69) is 9.88 Å². The van der Waals surface area contributed by atoms with Gasteiger partial charge >= 0.3 is 5.97 Å². The molecule has 0 aliphatic carbocycles. The van der Waals surface area contributed by atoms with Gasteiger partial charge in [0.1, 0.15) is 0 Å². The van der Waals surface area contributed by atoms with E-state index in [9.17, 15) is 14.7 Å². The van der Waals surface area contributed by atoms with E-state index in [0.29, 0.717) is 23.4 Å². The predicted molar refractivity (Wildman–Crippen MR) is 100.0 cm³/mol. The van der Waals surface area contributed by atoms with E-state index in [4.69, 9.17) is 0 Å². The lowest BCUT2D eigenvalue weighted by Crippen LogP contribution is -2.31. The molecule has 1 fully saturated rings. The normalized spacial score (nSPS) is 14.1. The molecule has 0 bridgehead atoms. The molecule has 6 nitrogen and oxygen atoms in total. The summed E-state index contributed by atoms with van der Waals surface area (Å²) < 4.78 is 1.70. The number of hydrogen-bond donors (Lipinski definition) is 1. The zero-order chi connectivity index (χ0) is 18.1. The lowest BCUT2D eigenvalue weighted by atomic mass is 10.1. The Labute approximate surface area is 150 Å². The summed E-state index contributed by atoms with van der Waals surface area (Å²) >= 11 is 0. The Morgan fingerprint density at radius 1 is 1.08 bits per heavy atom. The number of carbonyl (C=O) groups is 1. The first kappa shape index (κ1) is 16.3. The third-order valence-electron chi connectivity index (χ3n) is 4.75. The average molecular weight is 349 g/mol. The number of hydrogen-bond acceptors (Lipinski definition) is 4. The van der Waals surface area contributed by atoms with Crippen molar-refractivity contribution in [2.24, 2.45) is 0 Å². The average Bonchev–Trinajstić information content (AvgIpc) is 3.19. The highest BCUT2D eigenvalue weighted by molar-refractivity contribution is 5.93. The van der Waals surface area contributed by atoms with Crippen LogP contribution in [-0.4, -0.2) is 33.7 Å². The van der Waals surface area contributed by atoms with E-state index in [1.54, 1.807) is 10.6 Å². The lowest BCUT2D eigenvalue weighted by Gasteiger charge is -2.22. The van der Waals surface area contributed by atoms with Crippen LogP contribution in [0, 0.1) is 0 Å². The van der Waals surface area contributed by atoms with Gasteiger partial charge in [0.25, 0.3) is 5.56 Å². The number of benzene rings is 2. The number of anilines is 1. The van der Waals surface area contributed by atoms with Gasteiger partial charge in [-0.05, 0) is 36.6 Å². The van der Waals surface area contributed by atoms with Gasteiger partial charge in [0.2, 0.25) is 5.95 Å². The third kappa shape index (κ3) is 2.94. The molecule has 6 heteroatoms. The molecule has 0 spiro atoms. The van der Waals surface area contributed by atoms with Crippen molar-refractivity contribution in [1.29, 1.82) is 0 Å². The van der Waals surface area contributed by atoms with Crippen LogP contribution in [0.15, 0.2) is 53.3 Å². The molecule has 0 atom stereocenters. The molecular formula is C20H19N3O3. The molecule has 0 amide bonds. The molecule has 1 aliphatic rings. The fourth-order valence-corrected chi connectivity index (χ4v) is 3.41. The first-order valence-corrected chi connectivity index (χ1v) is 8.70. The van der Waals surface area contributed by atoms with Gasteiger partial charge < -0.3 is 10.0 Å². The van der Waals surface area contributed by atoms with E-state index < -0.39 is 5.97 Å². The zero-order valence-electron chi connectivity index (χ0n) is 14.3. The van der Waals surface area contributed by atoms with Crippen LogP contribution in [0.3, 0.4) is 0 Å². The molecule has 2 heterocycles. The maximum Gasteiger partial charge on any atom is 0.335 e.